The van der Waals surface area contributed by atoms with Crippen LogP contribution < -0.4 is 9.64 Å². The number of nitriles is 1. The number of anilines is 3. The molecule has 0 amide bonds. The summed E-state index contributed by atoms with van der Waals surface area (Å²) in [6, 6.07) is 84.4. The number of para-hydroxylation sites is 3. The van der Waals surface area contributed by atoms with Crippen LogP contribution >= 0.6 is 0 Å². The molecule has 0 fully saturated rings. The van der Waals surface area contributed by atoms with Gasteiger partial charge in [-0.3, -0.25) is 0 Å². The molecule has 2 aliphatic rings. The highest BCUT2D eigenvalue weighted by molar-refractivity contribution is 5.88. The van der Waals surface area contributed by atoms with Crippen molar-refractivity contribution < 1.29 is 4.74 Å². The van der Waals surface area contributed by atoms with Crippen LogP contribution in [0.25, 0.3) is 11.1 Å². The normalized spacial score (nSPS) is 13.7. The smallest absolute Gasteiger partial charge is 0.132 e. The molecule has 0 saturated heterocycles. The van der Waals surface area contributed by atoms with E-state index in [2.05, 4.69) is 217 Å². The van der Waals surface area contributed by atoms with E-state index in [1.165, 1.54) is 33.4 Å². The van der Waals surface area contributed by atoms with Crippen LogP contribution in [0.5, 0.6) is 11.5 Å². The highest BCUT2D eigenvalue weighted by Crippen LogP contribution is 2.59. The Hall–Kier alpha value is -7.93. The summed E-state index contributed by atoms with van der Waals surface area (Å²) < 4.78 is 6.68. The van der Waals surface area contributed by atoms with E-state index in [1.54, 1.807) is 0 Å². The number of fused-ring (bicyclic) bond motifs is 5. The minimum Gasteiger partial charge on any atom is -0.457 e. The maximum atomic E-state index is 9.88. The van der Waals surface area contributed by atoms with Gasteiger partial charge in [-0.15, -0.1) is 0 Å². The number of ether oxygens (including phenoxy) is 1. The molecule has 3 nitrogen and oxygen atoms in total. The standard InChI is InChI=1S/C57H38N2O/c58-39-40-31-35-44(36-32-40)59(45-37-33-43(34-38-45)56(41-17-3-1-4-18-41)48-23-9-7-21-46(48)47-22-8-10-24-49(47)56)53-28-14-11-25-50(53)57(42-19-5-2-6-20-42)51-26-12-15-29-54(51)60-55-30-16-13-27-52(55)57/h1-38H. The highest BCUT2D eigenvalue weighted by Gasteiger charge is 2.48. The average molecular weight is 767 g/mol. The van der Waals surface area contributed by atoms with Gasteiger partial charge in [0.25, 0.3) is 0 Å². The Balaban J connectivity index is 1.17. The van der Waals surface area contributed by atoms with Crippen LogP contribution in [0.4, 0.5) is 17.1 Å². The molecule has 11 rings (SSSR count). The molecule has 0 N–H and O–H groups in total. The molecule has 282 valence electrons. The molecule has 0 saturated carbocycles. The maximum absolute atomic E-state index is 9.88. The first-order valence-corrected chi connectivity index (χ1v) is 20.4. The van der Waals surface area contributed by atoms with Gasteiger partial charge in [0.15, 0.2) is 0 Å². The molecule has 3 heteroatoms. The van der Waals surface area contributed by atoms with Crippen LogP contribution in [0.1, 0.15) is 50.1 Å². The number of rotatable bonds is 7. The topological polar surface area (TPSA) is 36.3 Å². The Labute approximate surface area is 350 Å². The van der Waals surface area contributed by atoms with Crippen molar-refractivity contribution in [2.24, 2.45) is 0 Å². The molecule has 0 atom stereocenters. The lowest BCUT2D eigenvalue weighted by Crippen LogP contribution is -2.35. The first-order chi connectivity index (χ1) is 29.7. The third-order valence-electron chi connectivity index (χ3n) is 12.5. The average Bonchev–Trinajstić information content (AvgIpc) is 3.63. The summed E-state index contributed by atoms with van der Waals surface area (Å²) in [5.41, 5.74) is 14.2. The second-order valence-corrected chi connectivity index (χ2v) is 15.5. The van der Waals surface area contributed by atoms with Crippen molar-refractivity contribution in [1.29, 1.82) is 5.26 Å². The van der Waals surface area contributed by atoms with E-state index < -0.39 is 10.8 Å². The van der Waals surface area contributed by atoms with Gasteiger partial charge < -0.3 is 9.64 Å². The fourth-order valence-corrected chi connectivity index (χ4v) is 10.1. The molecule has 1 aliphatic heterocycles. The molecular weight excluding hydrogens is 729 g/mol. The minimum atomic E-state index is -0.747. The molecule has 0 aromatic heterocycles. The monoisotopic (exact) mass is 766 g/mol. The van der Waals surface area contributed by atoms with E-state index in [0.717, 1.165) is 50.8 Å². The van der Waals surface area contributed by atoms with Crippen LogP contribution in [-0.2, 0) is 10.8 Å². The third kappa shape index (κ3) is 5.15. The van der Waals surface area contributed by atoms with Gasteiger partial charge in [0.05, 0.1) is 28.2 Å². The Bertz CT molecular complexity index is 2980. The van der Waals surface area contributed by atoms with Gasteiger partial charge in [0, 0.05) is 22.5 Å². The minimum absolute atomic E-state index is 0.517. The molecular formula is C57H38N2O. The van der Waals surface area contributed by atoms with E-state index >= 15 is 0 Å². The van der Waals surface area contributed by atoms with Crippen molar-refractivity contribution in [2.45, 2.75) is 10.8 Å². The molecule has 0 unspecified atom stereocenters. The van der Waals surface area contributed by atoms with Crippen molar-refractivity contribution in [2.75, 3.05) is 4.90 Å². The third-order valence-corrected chi connectivity index (χ3v) is 12.5. The Morgan fingerprint density at radius 2 is 0.750 bits per heavy atom. The predicted octanol–water partition coefficient (Wildman–Crippen LogP) is 13.9. The van der Waals surface area contributed by atoms with E-state index in [0.29, 0.717) is 5.56 Å². The SMILES string of the molecule is N#Cc1ccc(N(c2ccc(C3(c4ccccc4)c4ccccc4-c4ccccc43)cc2)c2ccccc2C2(c3ccccc3)c3ccccc3Oc3ccccc32)cc1. The summed E-state index contributed by atoms with van der Waals surface area (Å²) in [7, 11) is 0. The fourth-order valence-electron chi connectivity index (χ4n) is 10.1. The molecule has 60 heavy (non-hydrogen) atoms. The Kier molecular flexibility index (Phi) is 8.32. The zero-order valence-corrected chi connectivity index (χ0v) is 32.7. The van der Waals surface area contributed by atoms with Gasteiger partial charge in [-0.05, 0) is 99.1 Å². The van der Waals surface area contributed by atoms with Crippen molar-refractivity contribution in [3.8, 4) is 28.7 Å². The van der Waals surface area contributed by atoms with E-state index in [-0.39, 0.29) is 0 Å². The van der Waals surface area contributed by atoms with Gasteiger partial charge >= 0.3 is 0 Å². The number of nitrogens with zero attached hydrogens (tertiary/aromatic N) is 2. The number of benzene rings is 9. The summed E-state index contributed by atoms with van der Waals surface area (Å²) in [5, 5.41) is 9.88. The summed E-state index contributed by atoms with van der Waals surface area (Å²) in [4.78, 5) is 2.34. The van der Waals surface area contributed by atoms with Gasteiger partial charge in [-0.1, -0.05) is 176 Å². The van der Waals surface area contributed by atoms with Crippen LogP contribution in [0, 0.1) is 11.3 Å². The first kappa shape index (κ1) is 35.2. The van der Waals surface area contributed by atoms with Crippen molar-refractivity contribution in [3.63, 3.8) is 0 Å². The summed E-state index contributed by atoms with van der Waals surface area (Å²) in [5.74, 6) is 1.65. The lowest BCUT2D eigenvalue weighted by molar-refractivity contribution is 0.434. The van der Waals surface area contributed by atoms with Crippen LogP contribution in [-0.4, -0.2) is 0 Å². The summed E-state index contributed by atoms with van der Waals surface area (Å²) in [6.45, 7) is 0. The molecule has 1 aliphatic carbocycles. The largest absolute Gasteiger partial charge is 0.457 e. The molecule has 9 aromatic rings. The second-order valence-electron chi connectivity index (χ2n) is 15.5. The molecule has 0 spiro atoms. The first-order valence-electron chi connectivity index (χ1n) is 20.4. The molecule has 0 bridgehead atoms. The maximum Gasteiger partial charge on any atom is 0.132 e. The van der Waals surface area contributed by atoms with Crippen LogP contribution in [0.3, 0.4) is 0 Å². The van der Waals surface area contributed by atoms with Crippen LogP contribution in [0.2, 0.25) is 0 Å². The lowest BCUT2D eigenvalue weighted by atomic mass is 9.63. The molecule has 0 radical (unpaired) electrons. The van der Waals surface area contributed by atoms with Crippen LogP contribution in [0.15, 0.2) is 231 Å². The molecule has 1 heterocycles. The lowest BCUT2D eigenvalue weighted by Gasteiger charge is -2.43. The fraction of sp³-hybridized carbons (Fsp3) is 0.0351. The number of hydrogen-bond acceptors (Lipinski definition) is 3. The summed E-state index contributed by atoms with van der Waals surface area (Å²) in [6.07, 6.45) is 0. The quantitative estimate of drug-likeness (QED) is 0.162. The number of hydrogen-bond donors (Lipinski definition) is 0. The van der Waals surface area contributed by atoms with Gasteiger partial charge in [-0.25, -0.2) is 0 Å². The van der Waals surface area contributed by atoms with E-state index in [1.807, 2.05) is 24.3 Å². The second kappa shape index (κ2) is 14.2. The van der Waals surface area contributed by atoms with Crippen molar-refractivity contribution in [3.05, 3.63) is 281 Å². The Morgan fingerprint density at radius 3 is 1.28 bits per heavy atom. The van der Waals surface area contributed by atoms with Crippen molar-refractivity contribution >= 4 is 17.1 Å². The van der Waals surface area contributed by atoms with Crippen molar-refractivity contribution in [1.82, 2.24) is 0 Å². The van der Waals surface area contributed by atoms with E-state index in [9.17, 15) is 5.26 Å². The summed E-state index contributed by atoms with van der Waals surface area (Å²) >= 11 is 0. The Morgan fingerprint density at radius 1 is 0.350 bits per heavy atom. The zero-order valence-electron chi connectivity index (χ0n) is 32.7. The predicted molar refractivity (Wildman–Crippen MR) is 242 cm³/mol. The van der Waals surface area contributed by atoms with Gasteiger partial charge in [-0.2, -0.15) is 5.26 Å². The van der Waals surface area contributed by atoms with Gasteiger partial charge in [0.1, 0.15) is 11.5 Å². The van der Waals surface area contributed by atoms with E-state index in [4.69, 9.17) is 4.74 Å². The zero-order chi connectivity index (χ0) is 40.1. The highest BCUT2D eigenvalue weighted by atomic mass is 16.5. The molecule has 9 aromatic carbocycles. The van der Waals surface area contributed by atoms with Gasteiger partial charge in [0.2, 0.25) is 0 Å².